The van der Waals surface area contributed by atoms with Crippen molar-refractivity contribution in [2.45, 2.75) is 18.7 Å². The van der Waals surface area contributed by atoms with Gasteiger partial charge in [-0.1, -0.05) is 13.0 Å². The van der Waals surface area contributed by atoms with Gasteiger partial charge in [-0.3, -0.25) is 13.9 Å². The van der Waals surface area contributed by atoms with Crippen molar-refractivity contribution < 1.29 is 8.78 Å². The van der Waals surface area contributed by atoms with E-state index in [4.69, 9.17) is 11.6 Å². The number of hydrogen-bond donors (Lipinski definition) is 0. The summed E-state index contributed by atoms with van der Waals surface area (Å²) < 4.78 is 30.2. The molecule has 3 rings (SSSR count). The van der Waals surface area contributed by atoms with Crippen LogP contribution in [0.2, 0.25) is 0 Å². The number of halogens is 3. The fraction of sp³-hybridized carbons (Fsp3) is 0.312. The van der Waals surface area contributed by atoms with E-state index in [9.17, 15) is 18.4 Å². The molecule has 0 N–H and O–H groups in total. The predicted octanol–water partition coefficient (Wildman–Crippen LogP) is 2.64. The highest BCUT2D eigenvalue weighted by Gasteiger charge is 2.35. The van der Waals surface area contributed by atoms with Gasteiger partial charge in [0, 0.05) is 19.5 Å². The van der Waals surface area contributed by atoms with Crippen molar-refractivity contribution in [3.8, 4) is 0 Å². The minimum atomic E-state index is -3.78. The lowest BCUT2D eigenvalue weighted by Crippen LogP contribution is -2.38. The van der Waals surface area contributed by atoms with Gasteiger partial charge in [0.15, 0.2) is 5.65 Å². The average molecular weight is 354 g/mol. The maximum absolute atomic E-state index is 14.2. The van der Waals surface area contributed by atoms with Crippen LogP contribution in [0.25, 0.3) is 21.9 Å². The zero-order chi connectivity index (χ0) is 17.8. The van der Waals surface area contributed by atoms with Gasteiger partial charge < -0.3 is 0 Å². The molecule has 0 saturated heterocycles. The Morgan fingerprint density at radius 1 is 1.21 bits per heavy atom. The SMILES string of the molecule is CCc1ccc2nc3c(c(C(F)(F)Cl)c2c1)c(=O)n(C)c(=O)n3C. The molecule has 8 heteroatoms. The molecule has 0 amide bonds. The van der Waals surface area contributed by atoms with Gasteiger partial charge >= 0.3 is 11.1 Å². The first-order valence-electron chi connectivity index (χ1n) is 7.26. The Morgan fingerprint density at radius 3 is 2.46 bits per heavy atom. The fourth-order valence-corrected chi connectivity index (χ4v) is 3.02. The molecule has 24 heavy (non-hydrogen) atoms. The molecule has 0 aliphatic carbocycles. The van der Waals surface area contributed by atoms with Crippen LogP contribution in [0.15, 0.2) is 27.8 Å². The monoisotopic (exact) mass is 353 g/mol. The van der Waals surface area contributed by atoms with E-state index in [0.29, 0.717) is 6.42 Å². The molecule has 0 aliphatic heterocycles. The van der Waals surface area contributed by atoms with Crippen LogP contribution >= 0.6 is 11.6 Å². The summed E-state index contributed by atoms with van der Waals surface area (Å²) in [6.07, 6.45) is 0.632. The molecule has 2 heterocycles. The molecule has 2 aromatic heterocycles. The first-order valence-corrected chi connectivity index (χ1v) is 7.64. The van der Waals surface area contributed by atoms with Crippen LogP contribution in [-0.4, -0.2) is 14.1 Å². The van der Waals surface area contributed by atoms with E-state index < -0.39 is 22.2 Å². The van der Waals surface area contributed by atoms with Gasteiger partial charge in [-0.05, 0) is 35.7 Å². The Morgan fingerprint density at radius 2 is 1.88 bits per heavy atom. The van der Waals surface area contributed by atoms with E-state index in [2.05, 4.69) is 4.98 Å². The van der Waals surface area contributed by atoms with Crippen LogP contribution in [-0.2, 0) is 25.9 Å². The molecule has 5 nitrogen and oxygen atoms in total. The summed E-state index contributed by atoms with van der Waals surface area (Å²) in [5.74, 6) is 0. The maximum Gasteiger partial charge on any atom is 0.349 e. The third kappa shape index (κ3) is 2.31. The number of rotatable bonds is 2. The Hall–Kier alpha value is -2.28. The lowest BCUT2D eigenvalue weighted by Gasteiger charge is -2.17. The van der Waals surface area contributed by atoms with Crippen LogP contribution < -0.4 is 11.2 Å². The normalized spacial score (nSPS) is 12.2. The van der Waals surface area contributed by atoms with E-state index in [1.807, 2.05) is 6.92 Å². The highest BCUT2D eigenvalue weighted by molar-refractivity contribution is 6.24. The second-order valence-corrected chi connectivity index (χ2v) is 6.07. The molecule has 0 unspecified atom stereocenters. The van der Waals surface area contributed by atoms with E-state index in [1.54, 1.807) is 18.2 Å². The van der Waals surface area contributed by atoms with Crippen molar-refractivity contribution in [3.05, 3.63) is 50.2 Å². The number of benzene rings is 1. The molecule has 0 bridgehead atoms. The highest BCUT2D eigenvalue weighted by atomic mass is 35.5. The quantitative estimate of drug-likeness (QED) is 0.525. The minimum absolute atomic E-state index is 0.109. The van der Waals surface area contributed by atoms with Gasteiger partial charge in [0.25, 0.3) is 5.56 Å². The Bertz CT molecular complexity index is 1100. The van der Waals surface area contributed by atoms with Crippen LogP contribution in [0, 0.1) is 0 Å². The predicted molar refractivity (Wildman–Crippen MR) is 88.9 cm³/mol. The van der Waals surface area contributed by atoms with Crippen molar-refractivity contribution in [1.82, 2.24) is 14.1 Å². The maximum atomic E-state index is 14.2. The number of nitrogens with zero attached hydrogens (tertiary/aromatic N) is 3. The molecule has 0 fully saturated rings. The molecule has 126 valence electrons. The number of fused-ring (bicyclic) bond motifs is 2. The van der Waals surface area contributed by atoms with E-state index >= 15 is 0 Å². The van der Waals surface area contributed by atoms with Crippen molar-refractivity contribution >= 4 is 33.5 Å². The summed E-state index contributed by atoms with van der Waals surface area (Å²) in [5, 5.41) is -4.02. The van der Waals surface area contributed by atoms with Crippen LogP contribution in [0.1, 0.15) is 18.1 Å². The number of aromatic nitrogens is 3. The van der Waals surface area contributed by atoms with Gasteiger partial charge in [0.2, 0.25) is 0 Å². The second-order valence-electron chi connectivity index (χ2n) is 5.59. The smallest absolute Gasteiger partial charge is 0.280 e. The van der Waals surface area contributed by atoms with Gasteiger partial charge in [-0.2, -0.15) is 8.78 Å². The summed E-state index contributed by atoms with van der Waals surface area (Å²) >= 11 is 5.33. The molecule has 0 spiro atoms. The second kappa shape index (κ2) is 5.37. The largest absolute Gasteiger partial charge is 0.349 e. The summed E-state index contributed by atoms with van der Waals surface area (Å²) in [6.45, 7) is 1.89. The van der Waals surface area contributed by atoms with E-state index in [1.165, 1.54) is 14.1 Å². The van der Waals surface area contributed by atoms with Crippen molar-refractivity contribution in [1.29, 1.82) is 0 Å². The van der Waals surface area contributed by atoms with E-state index in [0.717, 1.165) is 14.7 Å². The van der Waals surface area contributed by atoms with Gasteiger partial charge in [-0.15, -0.1) is 0 Å². The number of aryl methyl sites for hydroxylation is 2. The molecule has 0 aliphatic rings. The van der Waals surface area contributed by atoms with Crippen molar-refractivity contribution in [2.75, 3.05) is 0 Å². The molecule has 0 radical (unpaired) electrons. The lowest BCUT2D eigenvalue weighted by atomic mass is 10.0. The zero-order valence-electron chi connectivity index (χ0n) is 13.2. The van der Waals surface area contributed by atoms with Crippen molar-refractivity contribution in [2.24, 2.45) is 14.1 Å². The molecule has 1 aromatic carbocycles. The minimum Gasteiger partial charge on any atom is -0.280 e. The Balaban J connectivity index is 2.72. The Kier molecular flexibility index (Phi) is 3.71. The topological polar surface area (TPSA) is 56.9 Å². The van der Waals surface area contributed by atoms with Gasteiger partial charge in [-0.25, -0.2) is 9.78 Å². The summed E-state index contributed by atoms with van der Waals surface area (Å²) in [7, 11) is 2.60. The number of hydrogen-bond acceptors (Lipinski definition) is 3. The van der Waals surface area contributed by atoms with Crippen LogP contribution in [0.5, 0.6) is 0 Å². The zero-order valence-corrected chi connectivity index (χ0v) is 14.0. The third-order valence-electron chi connectivity index (χ3n) is 4.13. The summed E-state index contributed by atoms with van der Waals surface area (Å²) in [5.41, 5.74) is -1.16. The first kappa shape index (κ1) is 16.6. The standard InChI is InChI=1S/C16H14ClF2N3O2/c1-4-8-5-6-10-9(7-8)12(16(17,18)19)11-13(20-10)21(2)15(24)22(3)14(11)23/h5-7H,4H2,1-3H3. The Labute approximate surface area is 140 Å². The van der Waals surface area contributed by atoms with Crippen LogP contribution in [0.3, 0.4) is 0 Å². The molecule has 0 saturated carbocycles. The molecular weight excluding hydrogens is 340 g/mol. The van der Waals surface area contributed by atoms with Crippen LogP contribution in [0.4, 0.5) is 8.78 Å². The molecule has 3 aromatic rings. The lowest BCUT2D eigenvalue weighted by molar-refractivity contribution is 0.0983. The molecular formula is C16H14ClF2N3O2. The average Bonchev–Trinajstić information content (AvgIpc) is 2.54. The van der Waals surface area contributed by atoms with Crippen molar-refractivity contribution in [3.63, 3.8) is 0 Å². The highest BCUT2D eigenvalue weighted by Crippen LogP contribution is 2.40. The number of pyridine rings is 1. The fourth-order valence-electron chi connectivity index (χ4n) is 2.83. The third-order valence-corrected chi connectivity index (χ3v) is 4.32. The van der Waals surface area contributed by atoms with Gasteiger partial charge in [0.1, 0.15) is 0 Å². The number of alkyl halides is 3. The van der Waals surface area contributed by atoms with E-state index in [-0.39, 0.29) is 21.9 Å². The summed E-state index contributed by atoms with van der Waals surface area (Å²) in [4.78, 5) is 28.8. The molecule has 0 atom stereocenters. The first-order chi connectivity index (χ1) is 11.2. The van der Waals surface area contributed by atoms with Gasteiger partial charge in [0.05, 0.1) is 16.5 Å². The summed E-state index contributed by atoms with van der Waals surface area (Å²) in [6, 6.07) is 4.90.